The quantitative estimate of drug-likeness (QED) is 0.468. The number of rotatable bonds is 6. The van der Waals surface area contributed by atoms with Crippen molar-refractivity contribution in [1.29, 1.82) is 0 Å². The van der Waals surface area contributed by atoms with Gasteiger partial charge in [0.1, 0.15) is 0 Å². The van der Waals surface area contributed by atoms with E-state index in [2.05, 4.69) is 5.32 Å². The van der Waals surface area contributed by atoms with Crippen molar-refractivity contribution in [3.8, 4) is 0 Å². The Kier molecular flexibility index (Phi) is 3.74. The van der Waals surface area contributed by atoms with Gasteiger partial charge in [-0.25, -0.2) is 0 Å². The topological polar surface area (TPSA) is 55.2 Å². The molecule has 4 nitrogen and oxygen atoms in total. The Morgan fingerprint density at radius 1 is 1.47 bits per heavy atom. The maximum atomic E-state index is 10.8. The third kappa shape index (κ3) is 3.53. The van der Waals surface area contributed by atoms with Crippen molar-refractivity contribution in [2.24, 2.45) is 5.92 Å². The van der Waals surface area contributed by atoms with Crippen molar-refractivity contribution in [2.75, 3.05) is 6.54 Å². The first kappa shape index (κ1) is 12.0. The molecule has 0 saturated heterocycles. The number of hydrogen-bond donors (Lipinski definition) is 1. The van der Waals surface area contributed by atoms with Gasteiger partial charge in [0.05, 0.1) is 4.92 Å². The van der Waals surface area contributed by atoms with Crippen molar-refractivity contribution in [3.63, 3.8) is 0 Å². The largest absolute Gasteiger partial charge is 0.313 e. The first-order chi connectivity index (χ1) is 8.16. The number of nitrogens with one attached hydrogen (secondary N) is 1. The minimum absolute atomic E-state index is 0.214. The van der Waals surface area contributed by atoms with E-state index in [1.165, 1.54) is 19.3 Å². The number of hydrogen-bond acceptors (Lipinski definition) is 3. The number of nitro groups is 1. The lowest BCUT2D eigenvalue weighted by Gasteiger charge is -2.05. The standard InChI is InChI=1S/C13H18N2O2/c1-10-2-3-12(8-13(10)15(16)17)9-14-7-6-11-4-5-11/h2-3,8,11,14H,4-7,9H2,1H3. The maximum Gasteiger partial charge on any atom is 0.272 e. The maximum absolute atomic E-state index is 10.8. The fourth-order valence-corrected chi connectivity index (χ4v) is 1.91. The lowest BCUT2D eigenvalue weighted by molar-refractivity contribution is -0.385. The minimum atomic E-state index is -0.316. The highest BCUT2D eigenvalue weighted by molar-refractivity contribution is 5.42. The fraction of sp³-hybridized carbons (Fsp3) is 0.538. The molecule has 1 aliphatic rings. The number of nitro benzene ring substituents is 1. The molecule has 1 fully saturated rings. The molecular formula is C13H18N2O2. The lowest BCUT2D eigenvalue weighted by Crippen LogP contribution is -2.15. The van der Waals surface area contributed by atoms with Gasteiger partial charge in [-0.2, -0.15) is 0 Å². The first-order valence-corrected chi connectivity index (χ1v) is 6.11. The van der Waals surface area contributed by atoms with Gasteiger partial charge in [0.2, 0.25) is 0 Å². The highest BCUT2D eigenvalue weighted by Crippen LogP contribution is 2.31. The summed E-state index contributed by atoms with van der Waals surface area (Å²) in [5.74, 6) is 0.926. The molecule has 0 unspecified atom stereocenters. The molecule has 1 aliphatic carbocycles. The summed E-state index contributed by atoms with van der Waals surface area (Å²) in [5.41, 5.74) is 1.92. The van der Waals surface area contributed by atoms with Gasteiger partial charge in [-0.1, -0.05) is 25.0 Å². The Balaban J connectivity index is 1.86. The average Bonchev–Trinajstić information content (AvgIpc) is 3.10. The SMILES string of the molecule is Cc1ccc(CNCCC2CC2)cc1[N+](=O)[O-]. The van der Waals surface area contributed by atoms with Gasteiger partial charge in [-0.05, 0) is 31.4 Å². The van der Waals surface area contributed by atoms with Gasteiger partial charge in [-0.3, -0.25) is 10.1 Å². The molecule has 1 saturated carbocycles. The van der Waals surface area contributed by atoms with Crippen molar-refractivity contribution < 1.29 is 4.92 Å². The number of benzene rings is 1. The third-order valence-electron chi connectivity index (χ3n) is 3.23. The summed E-state index contributed by atoms with van der Waals surface area (Å²) in [5, 5.41) is 14.1. The molecule has 0 aromatic heterocycles. The van der Waals surface area contributed by atoms with Crippen LogP contribution < -0.4 is 5.32 Å². The lowest BCUT2D eigenvalue weighted by atomic mass is 10.1. The van der Waals surface area contributed by atoms with E-state index in [0.717, 1.165) is 23.6 Å². The Hall–Kier alpha value is -1.42. The van der Waals surface area contributed by atoms with Crippen molar-refractivity contribution >= 4 is 5.69 Å². The molecule has 0 aliphatic heterocycles. The van der Waals surface area contributed by atoms with Crippen LogP contribution in [-0.2, 0) is 6.54 Å². The second kappa shape index (κ2) is 5.27. The van der Waals surface area contributed by atoms with Crippen LogP contribution in [0.5, 0.6) is 0 Å². The molecule has 0 bridgehead atoms. The van der Waals surface area contributed by atoms with Crippen LogP contribution in [0.4, 0.5) is 5.69 Å². The number of nitrogens with zero attached hydrogens (tertiary/aromatic N) is 1. The Labute approximate surface area is 101 Å². The summed E-state index contributed by atoms with van der Waals surface area (Å²) in [6.07, 6.45) is 3.98. The van der Waals surface area contributed by atoms with E-state index in [1.54, 1.807) is 13.0 Å². The van der Waals surface area contributed by atoms with E-state index < -0.39 is 0 Å². The van der Waals surface area contributed by atoms with Crippen LogP contribution in [0.25, 0.3) is 0 Å². The third-order valence-corrected chi connectivity index (χ3v) is 3.23. The summed E-state index contributed by atoms with van der Waals surface area (Å²) >= 11 is 0. The van der Waals surface area contributed by atoms with Crippen molar-refractivity contribution in [2.45, 2.75) is 32.7 Å². The summed E-state index contributed by atoms with van der Waals surface area (Å²) in [6, 6.07) is 5.43. The molecule has 0 atom stereocenters. The van der Waals surface area contributed by atoms with E-state index in [0.29, 0.717) is 6.54 Å². The smallest absolute Gasteiger partial charge is 0.272 e. The fourth-order valence-electron chi connectivity index (χ4n) is 1.91. The van der Waals surface area contributed by atoms with E-state index in [-0.39, 0.29) is 10.6 Å². The predicted molar refractivity (Wildman–Crippen MR) is 66.9 cm³/mol. The van der Waals surface area contributed by atoms with E-state index in [4.69, 9.17) is 0 Å². The average molecular weight is 234 g/mol. The molecule has 1 aromatic rings. The zero-order valence-corrected chi connectivity index (χ0v) is 10.1. The van der Waals surface area contributed by atoms with Gasteiger partial charge in [0.15, 0.2) is 0 Å². The van der Waals surface area contributed by atoms with Crippen LogP contribution in [0.1, 0.15) is 30.4 Å². The van der Waals surface area contributed by atoms with Gasteiger partial charge in [-0.15, -0.1) is 0 Å². The Bertz CT molecular complexity index is 414. The first-order valence-electron chi connectivity index (χ1n) is 6.11. The highest BCUT2D eigenvalue weighted by Gasteiger charge is 2.20. The van der Waals surface area contributed by atoms with Crippen molar-refractivity contribution in [3.05, 3.63) is 39.4 Å². The molecule has 1 aromatic carbocycles. The summed E-state index contributed by atoms with van der Waals surface area (Å²) in [6.45, 7) is 3.49. The molecule has 17 heavy (non-hydrogen) atoms. The monoisotopic (exact) mass is 234 g/mol. The zero-order valence-electron chi connectivity index (χ0n) is 10.1. The van der Waals surface area contributed by atoms with Gasteiger partial charge in [0.25, 0.3) is 5.69 Å². The molecule has 4 heteroatoms. The molecule has 2 rings (SSSR count). The van der Waals surface area contributed by atoms with Crippen LogP contribution in [0, 0.1) is 23.0 Å². The van der Waals surface area contributed by atoms with E-state index in [1.807, 2.05) is 12.1 Å². The normalized spacial score (nSPS) is 14.9. The van der Waals surface area contributed by atoms with E-state index >= 15 is 0 Å². The summed E-state index contributed by atoms with van der Waals surface area (Å²) < 4.78 is 0. The predicted octanol–water partition coefficient (Wildman–Crippen LogP) is 2.79. The van der Waals surface area contributed by atoms with Crippen LogP contribution >= 0.6 is 0 Å². The van der Waals surface area contributed by atoms with Gasteiger partial charge in [0, 0.05) is 18.2 Å². The van der Waals surface area contributed by atoms with Crippen LogP contribution in [0.15, 0.2) is 18.2 Å². The molecular weight excluding hydrogens is 216 g/mol. The second-order valence-corrected chi connectivity index (χ2v) is 4.79. The molecule has 92 valence electrons. The van der Waals surface area contributed by atoms with Crippen LogP contribution in [-0.4, -0.2) is 11.5 Å². The number of aryl methyl sites for hydroxylation is 1. The highest BCUT2D eigenvalue weighted by atomic mass is 16.6. The van der Waals surface area contributed by atoms with Crippen molar-refractivity contribution in [1.82, 2.24) is 5.32 Å². The Morgan fingerprint density at radius 3 is 2.88 bits per heavy atom. The minimum Gasteiger partial charge on any atom is -0.313 e. The molecule has 1 N–H and O–H groups in total. The molecule has 0 heterocycles. The van der Waals surface area contributed by atoms with Crippen LogP contribution in [0.2, 0.25) is 0 Å². The van der Waals surface area contributed by atoms with E-state index in [9.17, 15) is 10.1 Å². The van der Waals surface area contributed by atoms with Gasteiger partial charge < -0.3 is 5.32 Å². The van der Waals surface area contributed by atoms with Gasteiger partial charge >= 0.3 is 0 Å². The summed E-state index contributed by atoms with van der Waals surface area (Å²) in [7, 11) is 0. The molecule has 0 amide bonds. The second-order valence-electron chi connectivity index (χ2n) is 4.79. The Morgan fingerprint density at radius 2 is 2.24 bits per heavy atom. The molecule has 0 spiro atoms. The molecule has 0 radical (unpaired) electrons. The van der Waals surface area contributed by atoms with Crippen LogP contribution in [0.3, 0.4) is 0 Å². The zero-order chi connectivity index (χ0) is 12.3. The summed E-state index contributed by atoms with van der Waals surface area (Å²) in [4.78, 5) is 10.5.